The molecule has 0 spiro atoms. The van der Waals surface area contributed by atoms with Crippen molar-refractivity contribution in [3.05, 3.63) is 23.0 Å². The summed E-state index contributed by atoms with van der Waals surface area (Å²) in [6, 6.07) is -0.422. The Morgan fingerprint density at radius 3 is 2.56 bits per heavy atom. The van der Waals surface area contributed by atoms with Gasteiger partial charge in [0, 0.05) is 23.9 Å². The van der Waals surface area contributed by atoms with Crippen LogP contribution in [0.2, 0.25) is 0 Å². The van der Waals surface area contributed by atoms with Crippen LogP contribution in [0.25, 0.3) is 0 Å². The molecule has 0 saturated carbocycles. The van der Waals surface area contributed by atoms with Crippen LogP contribution in [0.4, 0.5) is 0 Å². The van der Waals surface area contributed by atoms with Crippen LogP contribution in [-0.4, -0.2) is 52.8 Å². The number of amides is 2. The molecule has 1 saturated heterocycles. The van der Waals surface area contributed by atoms with Crippen LogP contribution in [0.1, 0.15) is 44.0 Å². The van der Waals surface area contributed by atoms with Crippen LogP contribution in [0.15, 0.2) is 6.20 Å². The minimum atomic E-state index is -0.422. The van der Waals surface area contributed by atoms with E-state index in [1.54, 1.807) is 23.1 Å². The number of carbonyl (C=O) groups is 2. The molecule has 0 aromatic carbocycles. The number of pyridine rings is 1. The molecular formula is C19H29N3O3. The first kappa shape index (κ1) is 19.2. The molecule has 1 atom stereocenters. The summed E-state index contributed by atoms with van der Waals surface area (Å²) in [4.78, 5) is 33.3. The molecule has 2 heterocycles. The molecule has 1 aliphatic heterocycles. The van der Waals surface area contributed by atoms with Gasteiger partial charge in [0.25, 0.3) is 0 Å². The van der Waals surface area contributed by atoms with Crippen LogP contribution < -0.4 is 4.74 Å². The van der Waals surface area contributed by atoms with Gasteiger partial charge in [-0.15, -0.1) is 0 Å². The Balaban J connectivity index is 2.35. The van der Waals surface area contributed by atoms with E-state index >= 15 is 0 Å². The van der Waals surface area contributed by atoms with Crippen LogP contribution in [0.3, 0.4) is 0 Å². The molecule has 1 aliphatic rings. The zero-order valence-electron chi connectivity index (χ0n) is 16.1. The Labute approximate surface area is 150 Å². The molecule has 0 unspecified atom stereocenters. The maximum atomic E-state index is 12.8. The number of likely N-dealkylation sites (N-methyl/N-ethyl adjacent to an activating group) is 1. The van der Waals surface area contributed by atoms with Gasteiger partial charge in [0.15, 0.2) is 0 Å². The van der Waals surface area contributed by atoms with Crippen molar-refractivity contribution >= 4 is 11.8 Å². The van der Waals surface area contributed by atoms with E-state index in [0.29, 0.717) is 25.4 Å². The van der Waals surface area contributed by atoms with E-state index in [9.17, 15) is 9.59 Å². The summed E-state index contributed by atoms with van der Waals surface area (Å²) >= 11 is 0. The van der Waals surface area contributed by atoms with E-state index in [4.69, 9.17) is 4.74 Å². The third-order valence-corrected chi connectivity index (χ3v) is 4.77. The highest BCUT2D eigenvalue weighted by Crippen LogP contribution is 2.27. The van der Waals surface area contributed by atoms with Crippen molar-refractivity contribution in [1.29, 1.82) is 0 Å². The second-order valence-corrected chi connectivity index (χ2v) is 7.07. The zero-order valence-corrected chi connectivity index (χ0v) is 16.1. The van der Waals surface area contributed by atoms with Gasteiger partial charge >= 0.3 is 0 Å². The Bertz CT molecular complexity index is 658. The number of methoxy groups -OCH3 is 1. The number of aromatic nitrogens is 1. The lowest BCUT2D eigenvalue weighted by atomic mass is 9.98. The van der Waals surface area contributed by atoms with Crippen molar-refractivity contribution in [2.45, 2.75) is 53.6 Å². The largest absolute Gasteiger partial charge is 0.496 e. The van der Waals surface area contributed by atoms with Crippen molar-refractivity contribution in [1.82, 2.24) is 14.8 Å². The van der Waals surface area contributed by atoms with Crippen molar-refractivity contribution in [2.24, 2.45) is 5.92 Å². The lowest BCUT2D eigenvalue weighted by Gasteiger charge is -2.40. The van der Waals surface area contributed by atoms with Crippen LogP contribution in [0, 0.1) is 19.8 Å². The molecule has 0 aliphatic carbocycles. The highest BCUT2D eigenvalue weighted by Gasteiger charge is 2.39. The average molecular weight is 347 g/mol. The molecule has 1 aromatic heterocycles. The van der Waals surface area contributed by atoms with Gasteiger partial charge in [-0.05, 0) is 33.1 Å². The maximum Gasteiger partial charge on any atom is 0.245 e. The summed E-state index contributed by atoms with van der Waals surface area (Å²) < 4.78 is 5.46. The van der Waals surface area contributed by atoms with Crippen molar-refractivity contribution < 1.29 is 14.3 Å². The molecule has 6 heteroatoms. The summed E-state index contributed by atoms with van der Waals surface area (Å²) in [7, 11) is 1.63. The number of nitrogens with zero attached hydrogens (tertiary/aromatic N) is 3. The number of aryl methyl sites for hydroxylation is 1. The van der Waals surface area contributed by atoms with Crippen LogP contribution in [-0.2, 0) is 16.1 Å². The smallest absolute Gasteiger partial charge is 0.245 e. The highest BCUT2D eigenvalue weighted by atomic mass is 16.5. The van der Waals surface area contributed by atoms with Crippen molar-refractivity contribution in [3.8, 4) is 5.75 Å². The Hall–Kier alpha value is -2.11. The molecule has 1 aromatic rings. The van der Waals surface area contributed by atoms with Gasteiger partial charge in [-0.3, -0.25) is 14.6 Å². The summed E-state index contributed by atoms with van der Waals surface area (Å²) in [6.07, 6.45) is 2.41. The highest BCUT2D eigenvalue weighted by molar-refractivity contribution is 5.94. The predicted molar refractivity (Wildman–Crippen MR) is 96.3 cm³/mol. The first-order valence-corrected chi connectivity index (χ1v) is 8.87. The van der Waals surface area contributed by atoms with Gasteiger partial charge in [0.05, 0.1) is 25.9 Å². The monoisotopic (exact) mass is 347 g/mol. The summed E-state index contributed by atoms with van der Waals surface area (Å²) in [6.45, 7) is 11.0. The predicted octanol–water partition coefficient (Wildman–Crippen LogP) is 2.31. The second kappa shape index (κ2) is 7.85. The lowest BCUT2D eigenvalue weighted by molar-refractivity contribution is -0.157. The van der Waals surface area contributed by atoms with Gasteiger partial charge in [-0.1, -0.05) is 13.8 Å². The van der Waals surface area contributed by atoms with Gasteiger partial charge in [-0.25, -0.2) is 0 Å². The van der Waals surface area contributed by atoms with Gasteiger partial charge in [0.2, 0.25) is 11.8 Å². The van der Waals surface area contributed by atoms with Crippen molar-refractivity contribution in [3.63, 3.8) is 0 Å². The fourth-order valence-electron chi connectivity index (χ4n) is 3.38. The Morgan fingerprint density at radius 1 is 1.32 bits per heavy atom. The molecule has 138 valence electrons. The van der Waals surface area contributed by atoms with Gasteiger partial charge in [0.1, 0.15) is 11.8 Å². The molecule has 0 N–H and O–H groups in total. The number of rotatable bonds is 6. The summed E-state index contributed by atoms with van der Waals surface area (Å²) in [5.74, 6) is 1.12. The minimum Gasteiger partial charge on any atom is -0.496 e. The molecule has 1 fully saturated rings. The minimum absolute atomic E-state index is 0.0205. The van der Waals surface area contributed by atoms with Crippen molar-refractivity contribution in [2.75, 3.05) is 20.2 Å². The zero-order chi connectivity index (χ0) is 18.7. The fourth-order valence-corrected chi connectivity index (χ4v) is 3.38. The number of hydrogen-bond donors (Lipinski definition) is 0. The molecule has 0 radical (unpaired) electrons. The molecule has 2 amide bonds. The number of piperazine rings is 1. The van der Waals surface area contributed by atoms with Crippen LogP contribution in [0.5, 0.6) is 5.75 Å². The summed E-state index contributed by atoms with van der Waals surface area (Å²) in [5.41, 5.74) is 2.66. The van der Waals surface area contributed by atoms with E-state index in [0.717, 1.165) is 22.6 Å². The number of hydrogen-bond acceptors (Lipinski definition) is 4. The third kappa shape index (κ3) is 3.94. The standard InChI is InChI=1S/C19H29N3O3/c1-7-21-11-17(23)22(16(19(21)24)8-12(2)3)10-15-14(5)18(25-6)13(4)9-20-15/h9,12,16H,7-8,10-11H2,1-6H3/t16-/m0/s1. The third-order valence-electron chi connectivity index (χ3n) is 4.77. The maximum absolute atomic E-state index is 12.8. The average Bonchev–Trinajstić information content (AvgIpc) is 2.56. The van der Waals surface area contributed by atoms with Crippen LogP contribution >= 0.6 is 0 Å². The van der Waals surface area contributed by atoms with E-state index in [-0.39, 0.29) is 18.4 Å². The lowest BCUT2D eigenvalue weighted by Crippen LogP contribution is -2.59. The summed E-state index contributed by atoms with van der Waals surface area (Å²) in [5, 5.41) is 0. The van der Waals surface area contributed by atoms with Gasteiger partial charge < -0.3 is 14.5 Å². The van der Waals surface area contributed by atoms with E-state index in [1.807, 2.05) is 20.8 Å². The molecular weight excluding hydrogens is 318 g/mol. The molecule has 6 nitrogen and oxygen atoms in total. The molecule has 0 bridgehead atoms. The SMILES string of the molecule is CCN1CC(=O)N(Cc2ncc(C)c(OC)c2C)[C@@H](CC(C)C)C1=O. The molecule has 2 rings (SSSR count). The van der Waals surface area contributed by atoms with E-state index < -0.39 is 6.04 Å². The number of carbonyl (C=O) groups excluding carboxylic acids is 2. The second-order valence-electron chi connectivity index (χ2n) is 7.07. The first-order chi connectivity index (χ1) is 11.8. The Kier molecular flexibility index (Phi) is 6.03. The number of ether oxygens (including phenoxy) is 1. The Morgan fingerprint density at radius 2 is 2.00 bits per heavy atom. The molecule has 25 heavy (non-hydrogen) atoms. The fraction of sp³-hybridized carbons (Fsp3) is 0.632. The quantitative estimate of drug-likeness (QED) is 0.792. The van der Waals surface area contributed by atoms with E-state index in [2.05, 4.69) is 18.8 Å². The topological polar surface area (TPSA) is 62.7 Å². The van der Waals surface area contributed by atoms with Gasteiger partial charge in [-0.2, -0.15) is 0 Å². The normalized spacial score (nSPS) is 18.3. The first-order valence-electron chi connectivity index (χ1n) is 8.87. The van der Waals surface area contributed by atoms with E-state index in [1.165, 1.54) is 0 Å².